The second-order valence-electron chi connectivity index (χ2n) is 3.67. The van der Waals surface area contributed by atoms with Crippen LogP contribution in [0.3, 0.4) is 0 Å². The highest BCUT2D eigenvalue weighted by Gasteiger charge is 2.21. The maximum Gasteiger partial charge on any atom is 0.227 e. The Morgan fingerprint density at radius 3 is 2.25 bits per heavy atom. The highest BCUT2D eigenvalue weighted by Crippen LogP contribution is 2.21. The first-order chi connectivity index (χ1) is 7.81. The van der Waals surface area contributed by atoms with Crippen molar-refractivity contribution < 1.29 is 4.79 Å². The van der Waals surface area contributed by atoms with Crippen LogP contribution in [-0.4, -0.2) is 12.5 Å². The molecule has 1 amide bonds. The van der Waals surface area contributed by atoms with Crippen LogP contribution >= 0.6 is 0 Å². The molecule has 88 valence electrons. The molecule has 0 bridgehead atoms. The van der Waals surface area contributed by atoms with E-state index in [0.717, 1.165) is 25.1 Å². The number of nitrogens with zero attached hydrogens (tertiary/aromatic N) is 1. The Labute approximate surface area is 98.3 Å². The SMILES string of the molecule is CC.CCc1ccc(N2CCCC2=O)cc1. The van der Waals surface area contributed by atoms with Crippen LogP contribution in [0, 0.1) is 0 Å². The number of carbonyl (C=O) groups excluding carboxylic acids is 1. The molecule has 2 rings (SSSR count). The molecule has 0 unspecified atom stereocenters. The van der Waals surface area contributed by atoms with Gasteiger partial charge in [0, 0.05) is 18.7 Å². The smallest absolute Gasteiger partial charge is 0.227 e. The lowest BCUT2D eigenvalue weighted by Gasteiger charge is -2.15. The van der Waals surface area contributed by atoms with Gasteiger partial charge in [0.15, 0.2) is 0 Å². The van der Waals surface area contributed by atoms with Gasteiger partial charge in [0.25, 0.3) is 0 Å². The molecule has 1 aromatic carbocycles. The first-order valence-electron chi connectivity index (χ1n) is 6.20. The fourth-order valence-electron chi connectivity index (χ4n) is 1.83. The first kappa shape index (κ1) is 12.8. The van der Waals surface area contributed by atoms with Crippen LogP contribution in [0.15, 0.2) is 24.3 Å². The Hall–Kier alpha value is -1.31. The van der Waals surface area contributed by atoms with E-state index >= 15 is 0 Å². The molecular formula is C14H21NO. The zero-order chi connectivity index (χ0) is 12.0. The van der Waals surface area contributed by atoms with Crippen molar-refractivity contribution >= 4 is 11.6 Å². The molecule has 0 N–H and O–H groups in total. The van der Waals surface area contributed by atoms with Gasteiger partial charge >= 0.3 is 0 Å². The van der Waals surface area contributed by atoms with Crippen molar-refractivity contribution in [3.05, 3.63) is 29.8 Å². The lowest BCUT2D eigenvalue weighted by atomic mass is 10.1. The van der Waals surface area contributed by atoms with Gasteiger partial charge in [-0.1, -0.05) is 32.9 Å². The molecule has 0 saturated carbocycles. The summed E-state index contributed by atoms with van der Waals surface area (Å²) in [5.74, 6) is 0.259. The summed E-state index contributed by atoms with van der Waals surface area (Å²) in [5.41, 5.74) is 2.37. The van der Waals surface area contributed by atoms with Crippen molar-refractivity contribution in [3.8, 4) is 0 Å². The minimum atomic E-state index is 0.259. The number of rotatable bonds is 2. The summed E-state index contributed by atoms with van der Waals surface area (Å²) in [6, 6.07) is 8.28. The van der Waals surface area contributed by atoms with Crippen molar-refractivity contribution in [2.24, 2.45) is 0 Å². The van der Waals surface area contributed by atoms with Gasteiger partial charge in [0.05, 0.1) is 0 Å². The van der Waals surface area contributed by atoms with E-state index in [1.807, 2.05) is 30.9 Å². The minimum Gasteiger partial charge on any atom is -0.312 e. The highest BCUT2D eigenvalue weighted by atomic mass is 16.2. The van der Waals surface area contributed by atoms with Crippen LogP contribution in [0.4, 0.5) is 5.69 Å². The first-order valence-corrected chi connectivity index (χ1v) is 6.20. The lowest BCUT2D eigenvalue weighted by Crippen LogP contribution is -2.23. The largest absolute Gasteiger partial charge is 0.312 e. The summed E-state index contributed by atoms with van der Waals surface area (Å²) < 4.78 is 0. The van der Waals surface area contributed by atoms with E-state index in [1.165, 1.54) is 5.56 Å². The maximum absolute atomic E-state index is 11.5. The average Bonchev–Trinajstić information content (AvgIpc) is 2.78. The van der Waals surface area contributed by atoms with Crippen LogP contribution in [0.1, 0.15) is 39.2 Å². The van der Waals surface area contributed by atoms with Gasteiger partial charge in [-0.05, 0) is 30.5 Å². The Morgan fingerprint density at radius 2 is 1.81 bits per heavy atom. The Balaban J connectivity index is 0.000000606. The molecule has 0 radical (unpaired) electrons. The third kappa shape index (κ3) is 2.84. The molecule has 0 aromatic heterocycles. The highest BCUT2D eigenvalue weighted by molar-refractivity contribution is 5.95. The normalized spacial score (nSPS) is 14.7. The number of amides is 1. The Morgan fingerprint density at radius 1 is 1.19 bits per heavy atom. The predicted octanol–water partition coefficient (Wildman–Crippen LogP) is 3.40. The number of hydrogen-bond acceptors (Lipinski definition) is 1. The third-order valence-electron chi connectivity index (χ3n) is 2.73. The van der Waals surface area contributed by atoms with E-state index in [-0.39, 0.29) is 5.91 Å². The van der Waals surface area contributed by atoms with E-state index in [1.54, 1.807) is 0 Å². The van der Waals surface area contributed by atoms with E-state index in [2.05, 4.69) is 19.1 Å². The number of carbonyl (C=O) groups is 1. The zero-order valence-electron chi connectivity index (χ0n) is 10.5. The molecule has 1 aliphatic rings. The minimum absolute atomic E-state index is 0.259. The summed E-state index contributed by atoms with van der Waals surface area (Å²) in [5, 5.41) is 0. The molecule has 16 heavy (non-hydrogen) atoms. The lowest BCUT2D eigenvalue weighted by molar-refractivity contribution is -0.117. The summed E-state index contributed by atoms with van der Waals surface area (Å²) in [7, 11) is 0. The average molecular weight is 219 g/mol. The van der Waals surface area contributed by atoms with Gasteiger partial charge in [0.2, 0.25) is 5.91 Å². The Kier molecular flexibility index (Phi) is 5.03. The van der Waals surface area contributed by atoms with E-state index in [4.69, 9.17) is 0 Å². The number of aryl methyl sites for hydroxylation is 1. The third-order valence-corrected chi connectivity index (χ3v) is 2.73. The molecule has 1 saturated heterocycles. The van der Waals surface area contributed by atoms with E-state index in [0.29, 0.717) is 6.42 Å². The van der Waals surface area contributed by atoms with Crippen molar-refractivity contribution in [1.29, 1.82) is 0 Å². The fourth-order valence-corrected chi connectivity index (χ4v) is 1.83. The van der Waals surface area contributed by atoms with Crippen LogP contribution < -0.4 is 4.90 Å². The number of hydrogen-bond donors (Lipinski definition) is 0. The number of benzene rings is 1. The van der Waals surface area contributed by atoms with Crippen LogP contribution in [0.25, 0.3) is 0 Å². The topological polar surface area (TPSA) is 20.3 Å². The van der Waals surface area contributed by atoms with E-state index < -0.39 is 0 Å². The second kappa shape index (κ2) is 6.31. The molecule has 1 heterocycles. The predicted molar refractivity (Wildman–Crippen MR) is 68.8 cm³/mol. The van der Waals surface area contributed by atoms with Crippen molar-refractivity contribution in [1.82, 2.24) is 0 Å². The molecule has 0 spiro atoms. The standard InChI is InChI=1S/C12H15NO.C2H6/c1-2-10-5-7-11(8-6-10)13-9-3-4-12(13)14;1-2/h5-8H,2-4,9H2,1H3;1-2H3. The molecule has 1 fully saturated rings. The molecule has 0 aliphatic carbocycles. The quantitative estimate of drug-likeness (QED) is 0.746. The van der Waals surface area contributed by atoms with Crippen LogP contribution in [0.5, 0.6) is 0 Å². The van der Waals surface area contributed by atoms with Crippen LogP contribution in [0.2, 0.25) is 0 Å². The number of anilines is 1. The van der Waals surface area contributed by atoms with Gasteiger partial charge in [0.1, 0.15) is 0 Å². The van der Waals surface area contributed by atoms with Gasteiger partial charge < -0.3 is 4.90 Å². The van der Waals surface area contributed by atoms with Gasteiger partial charge in [-0.3, -0.25) is 4.79 Å². The summed E-state index contributed by atoms with van der Waals surface area (Å²) in [6.07, 6.45) is 2.75. The maximum atomic E-state index is 11.5. The second-order valence-corrected chi connectivity index (χ2v) is 3.67. The van der Waals surface area contributed by atoms with Crippen molar-refractivity contribution in [3.63, 3.8) is 0 Å². The van der Waals surface area contributed by atoms with Gasteiger partial charge in [-0.15, -0.1) is 0 Å². The molecular weight excluding hydrogens is 198 g/mol. The molecule has 2 heteroatoms. The van der Waals surface area contributed by atoms with Gasteiger partial charge in [-0.25, -0.2) is 0 Å². The Bertz CT molecular complexity index is 329. The van der Waals surface area contributed by atoms with E-state index in [9.17, 15) is 4.79 Å². The summed E-state index contributed by atoms with van der Waals surface area (Å²) >= 11 is 0. The van der Waals surface area contributed by atoms with Crippen molar-refractivity contribution in [2.75, 3.05) is 11.4 Å². The van der Waals surface area contributed by atoms with Crippen molar-refractivity contribution in [2.45, 2.75) is 40.0 Å². The van der Waals surface area contributed by atoms with Gasteiger partial charge in [-0.2, -0.15) is 0 Å². The molecule has 1 aliphatic heterocycles. The van der Waals surface area contributed by atoms with Crippen LogP contribution in [-0.2, 0) is 11.2 Å². The monoisotopic (exact) mass is 219 g/mol. The molecule has 1 aromatic rings. The molecule has 0 atom stereocenters. The summed E-state index contributed by atoms with van der Waals surface area (Å²) in [4.78, 5) is 13.3. The zero-order valence-corrected chi connectivity index (χ0v) is 10.5. The fraction of sp³-hybridized carbons (Fsp3) is 0.500. The summed E-state index contributed by atoms with van der Waals surface area (Å²) in [6.45, 7) is 7.01. The molecule has 2 nitrogen and oxygen atoms in total.